The number of amides is 1. The Morgan fingerprint density at radius 2 is 1.88 bits per heavy atom. The highest BCUT2D eigenvalue weighted by Gasteiger charge is 2.44. The molecule has 7 nitrogen and oxygen atoms in total. The molecule has 34 heavy (non-hydrogen) atoms. The van der Waals surface area contributed by atoms with Crippen LogP contribution in [0, 0.1) is 6.92 Å². The van der Waals surface area contributed by atoms with Gasteiger partial charge in [-0.05, 0) is 38.7 Å². The molecule has 1 aliphatic rings. The van der Waals surface area contributed by atoms with E-state index in [1.807, 2.05) is 49.3 Å². The number of carbonyl (C=O) groups is 2. The number of benzene rings is 2. The molecule has 0 aliphatic carbocycles. The molecule has 0 fully saturated rings. The average molecular weight is 498 g/mol. The number of thiazole rings is 1. The van der Waals surface area contributed by atoms with Gasteiger partial charge in [-0.2, -0.15) is 0 Å². The summed E-state index contributed by atoms with van der Waals surface area (Å²) in [7, 11) is 3.75. The molecule has 0 bridgehead atoms. The summed E-state index contributed by atoms with van der Waals surface area (Å²) in [5, 5.41) is 21.5. The molecule has 0 spiro atoms. The minimum absolute atomic E-state index is 0.0168. The van der Waals surface area contributed by atoms with Crippen molar-refractivity contribution in [1.29, 1.82) is 0 Å². The van der Waals surface area contributed by atoms with Crippen LogP contribution in [0.5, 0.6) is 5.75 Å². The van der Waals surface area contributed by atoms with E-state index in [1.54, 1.807) is 13.0 Å². The quantitative estimate of drug-likeness (QED) is 0.463. The maximum atomic E-state index is 13.8. The van der Waals surface area contributed by atoms with Crippen LogP contribution in [-0.2, 0) is 4.79 Å². The number of hydrogen-bond acceptors (Lipinski definition) is 7. The van der Waals surface area contributed by atoms with E-state index in [0.29, 0.717) is 27.7 Å². The van der Waals surface area contributed by atoms with Crippen molar-refractivity contribution in [2.45, 2.75) is 13.0 Å². The van der Waals surface area contributed by atoms with Crippen LogP contribution in [0.15, 0.2) is 59.9 Å². The molecule has 1 aliphatic heterocycles. The normalized spacial score (nSPS) is 16.1. The van der Waals surface area contributed by atoms with Gasteiger partial charge in [-0.3, -0.25) is 9.59 Å². The molecule has 4 rings (SSSR count). The Bertz CT molecular complexity index is 1290. The Morgan fingerprint density at radius 3 is 2.53 bits per heavy atom. The van der Waals surface area contributed by atoms with E-state index in [0.717, 1.165) is 5.56 Å². The number of carbonyl (C=O) groups excluding carboxylic acids is 2. The Morgan fingerprint density at radius 1 is 1.18 bits per heavy atom. The maximum absolute atomic E-state index is 13.8. The number of rotatable bonds is 7. The third kappa shape index (κ3) is 4.44. The first-order valence-electron chi connectivity index (χ1n) is 10.6. The van der Waals surface area contributed by atoms with E-state index in [1.165, 1.54) is 28.4 Å². The third-order valence-electron chi connectivity index (χ3n) is 5.65. The smallest absolute Gasteiger partial charge is 0.290 e. The number of Topliss-reactive ketones (excluding diaryl/α,β-unsaturated/α-hetero) is 1. The molecule has 0 saturated carbocycles. The number of nitrogens with zero attached hydrogens (tertiary/aromatic N) is 3. The first-order valence-corrected chi connectivity index (χ1v) is 11.8. The van der Waals surface area contributed by atoms with Crippen molar-refractivity contribution in [3.8, 4) is 16.3 Å². The molecule has 1 aromatic heterocycles. The summed E-state index contributed by atoms with van der Waals surface area (Å²) in [4.78, 5) is 35.1. The summed E-state index contributed by atoms with van der Waals surface area (Å²) >= 11 is 7.37. The minimum Gasteiger partial charge on any atom is -0.506 e. The van der Waals surface area contributed by atoms with Crippen LogP contribution in [-0.4, -0.2) is 63.9 Å². The van der Waals surface area contributed by atoms with E-state index in [-0.39, 0.29) is 22.9 Å². The lowest BCUT2D eigenvalue weighted by Gasteiger charge is -2.28. The lowest BCUT2D eigenvalue weighted by Crippen LogP contribution is -2.36. The number of ketones is 1. The van der Waals surface area contributed by atoms with Gasteiger partial charge >= 0.3 is 0 Å². The van der Waals surface area contributed by atoms with E-state index in [4.69, 9.17) is 11.6 Å². The number of aliphatic hydroxyl groups is 1. The van der Waals surface area contributed by atoms with Gasteiger partial charge in [0.15, 0.2) is 5.76 Å². The number of likely N-dealkylation sites (N-methyl/N-ethyl adjacent to an activating group) is 1. The number of aryl methyl sites for hydroxylation is 1. The molecule has 1 amide bonds. The van der Waals surface area contributed by atoms with Crippen LogP contribution >= 0.6 is 22.9 Å². The fourth-order valence-electron chi connectivity index (χ4n) is 3.90. The first kappa shape index (κ1) is 23.9. The van der Waals surface area contributed by atoms with E-state index in [2.05, 4.69) is 4.98 Å². The molecule has 0 saturated heterocycles. The SMILES string of the molecule is Cc1nc(-c2ccccc2)sc1C(=O)C1=C(O)C(=O)N(CCN(C)C)C1c1ccc(O)c(Cl)c1. The van der Waals surface area contributed by atoms with Crippen molar-refractivity contribution >= 4 is 34.6 Å². The summed E-state index contributed by atoms with van der Waals surface area (Å²) in [6.45, 7) is 2.55. The standard InChI is InChI=1S/C25H24ClN3O4S/c1-14-23(34-24(27-14)15-7-5-4-6-8-15)21(31)19-20(16-9-10-18(30)17(26)13-16)29(12-11-28(2)3)25(33)22(19)32/h4-10,13,20,30,32H,11-12H2,1-3H3. The van der Waals surface area contributed by atoms with Gasteiger partial charge in [-0.15, -0.1) is 11.3 Å². The fourth-order valence-corrected chi connectivity index (χ4v) is 5.11. The highest BCUT2D eigenvalue weighted by molar-refractivity contribution is 7.17. The minimum atomic E-state index is -0.847. The molecule has 2 N–H and O–H groups in total. The number of hydrogen-bond donors (Lipinski definition) is 2. The average Bonchev–Trinajstić information content (AvgIpc) is 3.32. The molecule has 3 aromatic rings. The first-order chi connectivity index (χ1) is 16.2. The number of aromatic hydroxyl groups is 1. The van der Waals surface area contributed by atoms with Crippen molar-refractivity contribution < 1.29 is 19.8 Å². The van der Waals surface area contributed by atoms with Crippen molar-refractivity contribution in [3.05, 3.63) is 81.0 Å². The maximum Gasteiger partial charge on any atom is 0.290 e. The number of halogens is 1. The molecule has 9 heteroatoms. The number of phenolic OH excluding ortho intramolecular Hbond substituents is 1. The van der Waals surface area contributed by atoms with Gasteiger partial charge in [-0.1, -0.05) is 48.0 Å². The van der Waals surface area contributed by atoms with Gasteiger partial charge < -0.3 is 20.0 Å². The zero-order valence-corrected chi connectivity index (χ0v) is 20.5. The van der Waals surface area contributed by atoms with Gasteiger partial charge in [0.25, 0.3) is 5.91 Å². The van der Waals surface area contributed by atoms with Gasteiger partial charge in [0.05, 0.1) is 27.2 Å². The third-order valence-corrected chi connectivity index (χ3v) is 7.16. The Labute approximate surface area is 206 Å². The lowest BCUT2D eigenvalue weighted by molar-refractivity contribution is -0.129. The van der Waals surface area contributed by atoms with E-state index < -0.39 is 23.5 Å². The second-order valence-corrected chi connectivity index (χ2v) is 9.71. The highest BCUT2D eigenvalue weighted by Crippen LogP contribution is 2.42. The van der Waals surface area contributed by atoms with Crippen LogP contribution in [0.3, 0.4) is 0 Å². The number of phenols is 1. The summed E-state index contributed by atoms with van der Waals surface area (Å²) in [5.41, 5.74) is 1.91. The second-order valence-electron chi connectivity index (χ2n) is 8.31. The summed E-state index contributed by atoms with van der Waals surface area (Å²) in [6, 6.07) is 13.2. The number of aromatic nitrogens is 1. The molecule has 2 aromatic carbocycles. The molecule has 1 unspecified atom stereocenters. The van der Waals surface area contributed by atoms with Crippen molar-refractivity contribution in [1.82, 2.24) is 14.8 Å². The van der Waals surface area contributed by atoms with Crippen molar-refractivity contribution in [2.75, 3.05) is 27.2 Å². The topological polar surface area (TPSA) is 94.0 Å². The Hall–Kier alpha value is -3.20. The summed E-state index contributed by atoms with van der Waals surface area (Å²) in [5.74, 6) is -1.76. The molecule has 176 valence electrons. The summed E-state index contributed by atoms with van der Waals surface area (Å²) in [6.07, 6.45) is 0. The summed E-state index contributed by atoms with van der Waals surface area (Å²) < 4.78 is 0. The van der Waals surface area contributed by atoms with Gasteiger partial charge in [0, 0.05) is 18.7 Å². The van der Waals surface area contributed by atoms with Crippen molar-refractivity contribution in [2.24, 2.45) is 0 Å². The van der Waals surface area contributed by atoms with Crippen LogP contribution < -0.4 is 0 Å². The predicted molar refractivity (Wildman–Crippen MR) is 132 cm³/mol. The largest absolute Gasteiger partial charge is 0.506 e. The Balaban J connectivity index is 1.79. The Kier molecular flexibility index (Phi) is 6.74. The number of aliphatic hydroxyl groups excluding tert-OH is 1. The molecular formula is C25H24ClN3O4S. The van der Waals surface area contributed by atoms with Crippen LogP contribution in [0.4, 0.5) is 0 Å². The second kappa shape index (κ2) is 9.58. The molecule has 0 radical (unpaired) electrons. The van der Waals surface area contributed by atoms with Gasteiger partial charge in [-0.25, -0.2) is 4.98 Å². The fraction of sp³-hybridized carbons (Fsp3) is 0.240. The monoisotopic (exact) mass is 497 g/mol. The van der Waals surface area contributed by atoms with Gasteiger partial charge in [0.2, 0.25) is 5.78 Å². The molecule has 1 atom stereocenters. The van der Waals surface area contributed by atoms with Gasteiger partial charge in [0.1, 0.15) is 10.8 Å². The molecular weight excluding hydrogens is 474 g/mol. The van der Waals surface area contributed by atoms with E-state index in [9.17, 15) is 19.8 Å². The lowest BCUT2D eigenvalue weighted by atomic mass is 9.95. The van der Waals surface area contributed by atoms with Crippen LogP contribution in [0.1, 0.15) is 27.0 Å². The zero-order chi connectivity index (χ0) is 24.6. The predicted octanol–water partition coefficient (Wildman–Crippen LogP) is 4.62. The zero-order valence-electron chi connectivity index (χ0n) is 18.9. The van der Waals surface area contributed by atoms with Crippen molar-refractivity contribution in [3.63, 3.8) is 0 Å². The van der Waals surface area contributed by atoms with Crippen LogP contribution in [0.25, 0.3) is 10.6 Å². The van der Waals surface area contributed by atoms with E-state index >= 15 is 0 Å². The highest BCUT2D eigenvalue weighted by atomic mass is 35.5. The molecule has 2 heterocycles. The van der Waals surface area contributed by atoms with Crippen LogP contribution in [0.2, 0.25) is 5.02 Å².